The molecule has 1 aromatic rings. The maximum Gasteiger partial charge on any atom is 0.0902 e. The van der Waals surface area contributed by atoms with Gasteiger partial charge in [-0.2, -0.15) is 0 Å². The van der Waals surface area contributed by atoms with Crippen molar-refractivity contribution in [3.8, 4) is 0 Å². The Morgan fingerprint density at radius 1 is 1.56 bits per heavy atom. The van der Waals surface area contributed by atoms with E-state index in [0.29, 0.717) is 11.4 Å². The first kappa shape index (κ1) is 5.84. The minimum Gasteiger partial charge on any atom is -0.397 e. The van der Waals surface area contributed by atoms with Crippen molar-refractivity contribution in [3.05, 3.63) is 18.5 Å². The van der Waals surface area contributed by atoms with Crippen molar-refractivity contribution in [3.63, 3.8) is 0 Å². The minimum atomic E-state index is 0.604. The van der Waals surface area contributed by atoms with Crippen molar-refractivity contribution in [1.29, 1.82) is 0 Å². The van der Waals surface area contributed by atoms with Crippen LogP contribution in [0.3, 0.4) is 0 Å². The lowest BCUT2D eigenvalue weighted by Crippen LogP contribution is -2.08. The Morgan fingerprint density at radius 2 is 2.33 bits per heavy atom. The van der Waals surface area contributed by atoms with Crippen LogP contribution in [0.2, 0.25) is 0 Å². The Labute approximate surface area is 52.9 Å². The summed E-state index contributed by atoms with van der Waals surface area (Å²) in [5.41, 5.74) is 9.11. The maximum absolute atomic E-state index is 5.45. The fourth-order valence-corrected chi connectivity index (χ4v) is 0.526. The molecule has 1 heterocycles. The zero-order chi connectivity index (χ0) is 6.69. The van der Waals surface area contributed by atoms with E-state index in [4.69, 9.17) is 11.6 Å². The summed E-state index contributed by atoms with van der Waals surface area (Å²) in [5, 5.41) is 0. The normalized spacial score (nSPS) is 9.00. The van der Waals surface area contributed by atoms with Gasteiger partial charge in [-0.1, -0.05) is 0 Å². The summed E-state index contributed by atoms with van der Waals surface area (Å²) in [6.45, 7) is 0. The van der Waals surface area contributed by atoms with Crippen LogP contribution in [0.25, 0.3) is 0 Å². The minimum absolute atomic E-state index is 0.604. The molecule has 1 aromatic heterocycles. The quantitative estimate of drug-likeness (QED) is 0.362. The molecule has 1 rings (SSSR count). The molecule has 0 aliphatic heterocycles. The van der Waals surface area contributed by atoms with Crippen LogP contribution >= 0.6 is 0 Å². The van der Waals surface area contributed by atoms with E-state index in [1.165, 1.54) is 0 Å². The van der Waals surface area contributed by atoms with Gasteiger partial charge in [-0.15, -0.1) is 0 Å². The Morgan fingerprint density at radius 3 is 2.78 bits per heavy atom. The molecule has 4 nitrogen and oxygen atoms in total. The van der Waals surface area contributed by atoms with Crippen LogP contribution in [0, 0.1) is 0 Å². The SMILES string of the molecule is NNc1cnccc1N. The van der Waals surface area contributed by atoms with E-state index in [0.717, 1.165) is 0 Å². The van der Waals surface area contributed by atoms with Crippen molar-refractivity contribution in [1.82, 2.24) is 4.98 Å². The second-order valence-electron chi connectivity index (χ2n) is 1.61. The predicted octanol–water partition coefficient (Wildman–Crippen LogP) is -0.0506. The summed E-state index contributed by atoms with van der Waals surface area (Å²) in [4.78, 5) is 3.79. The Hall–Kier alpha value is -1.29. The van der Waals surface area contributed by atoms with Crippen molar-refractivity contribution < 1.29 is 0 Å². The van der Waals surface area contributed by atoms with Gasteiger partial charge in [-0.25, -0.2) is 0 Å². The highest BCUT2D eigenvalue weighted by Crippen LogP contribution is 2.12. The van der Waals surface area contributed by atoms with E-state index in [1.807, 2.05) is 0 Å². The van der Waals surface area contributed by atoms with E-state index < -0.39 is 0 Å². The van der Waals surface area contributed by atoms with Crippen LogP contribution in [0.5, 0.6) is 0 Å². The molecule has 5 N–H and O–H groups in total. The highest BCUT2D eigenvalue weighted by atomic mass is 15.2. The van der Waals surface area contributed by atoms with Gasteiger partial charge in [0.2, 0.25) is 0 Å². The lowest BCUT2D eigenvalue weighted by atomic mass is 10.4. The summed E-state index contributed by atoms with van der Waals surface area (Å²) >= 11 is 0. The average Bonchev–Trinajstić information content (AvgIpc) is 1.89. The molecule has 0 aromatic carbocycles. The van der Waals surface area contributed by atoms with Gasteiger partial charge in [0.25, 0.3) is 0 Å². The molecule has 0 radical (unpaired) electrons. The summed E-state index contributed by atoms with van der Waals surface area (Å²) in [6, 6.07) is 1.68. The number of nitrogens with one attached hydrogen (secondary N) is 1. The van der Waals surface area contributed by atoms with Gasteiger partial charge in [-0.05, 0) is 6.07 Å². The standard InChI is InChI=1S/C5H8N4/c6-4-1-2-8-3-5(4)9-7/h1-3,9H,7H2,(H2,6,8). The molecule has 0 atom stereocenters. The molecule has 0 saturated carbocycles. The monoisotopic (exact) mass is 124 g/mol. The first-order chi connectivity index (χ1) is 4.34. The molecule has 0 unspecified atom stereocenters. The number of pyridine rings is 1. The van der Waals surface area contributed by atoms with E-state index >= 15 is 0 Å². The second kappa shape index (κ2) is 2.32. The van der Waals surface area contributed by atoms with Gasteiger partial charge in [0.1, 0.15) is 0 Å². The van der Waals surface area contributed by atoms with Gasteiger partial charge in [0, 0.05) is 6.20 Å². The molecule has 0 aliphatic rings. The first-order valence-corrected chi connectivity index (χ1v) is 2.50. The number of nitrogens with two attached hydrogens (primary N) is 2. The zero-order valence-electron chi connectivity index (χ0n) is 4.83. The highest BCUT2D eigenvalue weighted by Gasteiger charge is 1.91. The van der Waals surface area contributed by atoms with Crippen LogP contribution in [-0.4, -0.2) is 4.98 Å². The number of aromatic nitrogens is 1. The third-order valence-corrected chi connectivity index (χ3v) is 1.01. The molecule has 48 valence electrons. The predicted molar refractivity (Wildman–Crippen MR) is 36.5 cm³/mol. The molecular weight excluding hydrogens is 116 g/mol. The summed E-state index contributed by atoms with van der Waals surface area (Å²) < 4.78 is 0. The smallest absolute Gasteiger partial charge is 0.0902 e. The van der Waals surface area contributed by atoms with Crippen LogP contribution in [-0.2, 0) is 0 Å². The second-order valence-corrected chi connectivity index (χ2v) is 1.61. The number of nitrogen functional groups attached to an aromatic ring is 2. The van der Waals surface area contributed by atoms with Crippen molar-refractivity contribution in [2.45, 2.75) is 0 Å². The van der Waals surface area contributed by atoms with Gasteiger partial charge in [0.15, 0.2) is 0 Å². The molecule has 4 heteroatoms. The fourth-order valence-electron chi connectivity index (χ4n) is 0.526. The number of hydrazine groups is 1. The summed E-state index contributed by atoms with van der Waals surface area (Å²) in [5.74, 6) is 5.08. The molecule has 0 saturated heterocycles. The largest absolute Gasteiger partial charge is 0.397 e. The molecule has 0 bridgehead atoms. The highest BCUT2D eigenvalue weighted by molar-refractivity contribution is 5.63. The van der Waals surface area contributed by atoms with Crippen LogP contribution < -0.4 is 17.0 Å². The fraction of sp³-hybridized carbons (Fsp3) is 0. The van der Waals surface area contributed by atoms with Gasteiger partial charge < -0.3 is 11.2 Å². The third kappa shape index (κ3) is 1.09. The van der Waals surface area contributed by atoms with Gasteiger partial charge in [0.05, 0.1) is 17.6 Å². The van der Waals surface area contributed by atoms with Crippen LogP contribution in [0.15, 0.2) is 18.5 Å². The molecular formula is C5H8N4. The van der Waals surface area contributed by atoms with Crippen molar-refractivity contribution in [2.24, 2.45) is 5.84 Å². The summed E-state index contributed by atoms with van der Waals surface area (Å²) in [7, 11) is 0. The molecule has 0 amide bonds. The van der Waals surface area contributed by atoms with E-state index in [-0.39, 0.29) is 0 Å². The van der Waals surface area contributed by atoms with Crippen LogP contribution in [0.4, 0.5) is 11.4 Å². The Balaban J connectivity index is 3.01. The lowest BCUT2D eigenvalue weighted by Gasteiger charge is -2.00. The van der Waals surface area contributed by atoms with Crippen LogP contribution in [0.1, 0.15) is 0 Å². The maximum atomic E-state index is 5.45. The molecule has 9 heavy (non-hydrogen) atoms. The van der Waals surface area contributed by atoms with Crippen molar-refractivity contribution >= 4 is 11.4 Å². The van der Waals surface area contributed by atoms with E-state index in [2.05, 4.69) is 10.4 Å². The Bertz CT molecular complexity index is 198. The lowest BCUT2D eigenvalue weighted by molar-refractivity contribution is 1.27. The van der Waals surface area contributed by atoms with E-state index in [9.17, 15) is 0 Å². The van der Waals surface area contributed by atoms with Crippen molar-refractivity contribution in [2.75, 3.05) is 11.2 Å². The third-order valence-electron chi connectivity index (χ3n) is 1.01. The molecule has 0 spiro atoms. The number of hydrogen-bond acceptors (Lipinski definition) is 4. The number of hydrogen-bond donors (Lipinski definition) is 3. The number of anilines is 2. The molecule has 0 fully saturated rings. The zero-order valence-corrected chi connectivity index (χ0v) is 4.83. The first-order valence-electron chi connectivity index (χ1n) is 2.50. The molecule has 0 aliphatic carbocycles. The number of nitrogens with zero attached hydrogens (tertiary/aromatic N) is 1. The van der Waals surface area contributed by atoms with Gasteiger partial charge >= 0.3 is 0 Å². The summed E-state index contributed by atoms with van der Waals surface area (Å²) in [6.07, 6.45) is 3.17. The average molecular weight is 124 g/mol. The van der Waals surface area contributed by atoms with Gasteiger partial charge in [-0.3, -0.25) is 10.8 Å². The Kier molecular flexibility index (Phi) is 1.51. The number of rotatable bonds is 1. The van der Waals surface area contributed by atoms with E-state index in [1.54, 1.807) is 18.5 Å². The topological polar surface area (TPSA) is 77.0 Å².